The van der Waals surface area contributed by atoms with Crippen LogP contribution in [0, 0.1) is 5.92 Å². The Labute approximate surface area is 275 Å². The summed E-state index contributed by atoms with van der Waals surface area (Å²) in [7, 11) is -4.20. The highest BCUT2D eigenvalue weighted by Crippen LogP contribution is 2.29. The Morgan fingerprint density at radius 1 is 0.955 bits per heavy atom. The van der Waals surface area contributed by atoms with Gasteiger partial charge in [0.1, 0.15) is 18.3 Å². The van der Waals surface area contributed by atoms with Crippen LogP contribution in [-0.2, 0) is 26.2 Å². The molecule has 2 amide bonds. The van der Waals surface area contributed by atoms with E-state index in [9.17, 15) is 18.0 Å². The number of halogens is 2. The van der Waals surface area contributed by atoms with E-state index in [0.717, 1.165) is 9.20 Å². The van der Waals surface area contributed by atoms with Crippen molar-refractivity contribution in [1.82, 2.24) is 10.2 Å². The molecule has 0 saturated carbocycles. The van der Waals surface area contributed by atoms with E-state index in [1.807, 2.05) is 34.0 Å². The number of rotatable bonds is 15. The predicted octanol–water partition coefficient (Wildman–Crippen LogP) is 6.89. The zero-order valence-electron chi connectivity index (χ0n) is 25.5. The first kappa shape index (κ1) is 35.6. The highest BCUT2D eigenvalue weighted by molar-refractivity contribution is 7.98. The summed E-state index contributed by atoms with van der Waals surface area (Å²) >= 11 is 13.9. The summed E-state index contributed by atoms with van der Waals surface area (Å²) in [5.41, 5.74) is 0.925. The third kappa shape index (κ3) is 9.30. The molecule has 0 aromatic heterocycles. The summed E-state index contributed by atoms with van der Waals surface area (Å²) in [6.45, 7) is 7.97. The largest absolute Gasteiger partial charge is 0.494 e. The molecule has 0 unspecified atom stereocenters. The smallest absolute Gasteiger partial charge is 0.264 e. The molecule has 3 aromatic carbocycles. The van der Waals surface area contributed by atoms with Crippen molar-refractivity contribution in [3.63, 3.8) is 0 Å². The molecule has 44 heavy (non-hydrogen) atoms. The normalized spacial score (nSPS) is 12.1. The topological polar surface area (TPSA) is 96.0 Å². The summed E-state index contributed by atoms with van der Waals surface area (Å²) in [4.78, 5) is 29.9. The van der Waals surface area contributed by atoms with Gasteiger partial charge in [-0.3, -0.25) is 13.9 Å². The first-order chi connectivity index (χ1) is 20.9. The SMILES string of the molecule is CCOc1ccc(N(CC(=O)N(Cc2ccc(Cl)c(Cl)c2)[C@@H](CC)C(=O)NCC(C)C)S(=O)(=O)c2ccc(SC)cc2)cc1. The Morgan fingerprint density at radius 3 is 2.16 bits per heavy atom. The number of thioether (sulfide) groups is 1. The monoisotopic (exact) mass is 679 g/mol. The second-order valence-electron chi connectivity index (χ2n) is 10.4. The zero-order chi connectivity index (χ0) is 32.4. The summed E-state index contributed by atoms with van der Waals surface area (Å²) in [6, 6.07) is 17.1. The molecule has 8 nitrogen and oxygen atoms in total. The van der Waals surface area contributed by atoms with Gasteiger partial charge in [0.2, 0.25) is 11.8 Å². The van der Waals surface area contributed by atoms with E-state index in [4.69, 9.17) is 27.9 Å². The van der Waals surface area contributed by atoms with Crippen LogP contribution in [0.15, 0.2) is 76.5 Å². The molecule has 0 radical (unpaired) electrons. The average molecular weight is 681 g/mol. The molecule has 0 aliphatic carbocycles. The first-order valence-electron chi connectivity index (χ1n) is 14.3. The molecule has 0 spiro atoms. The van der Waals surface area contributed by atoms with Gasteiger partial charge in [0, 0.05) is 18.0 Å². The summed E-state index contributed by atoms with van der Waals surface area (Å²) in [5, 5.41) is 3.58. The van der Waals surface area contributed by atoms with E-state index >= 15 is 0 Å². The van der Waals surface area contributed by atoms with Crippen LogP contribution in [0.3, 0.4) is 0 Å². The molecule has 238 valence electrons. The Bertz CT molecular complexity index is 1520. The number of amides is 2. The Kier molecular flexibility index (Phi) is 13.3. The minimum atomic E-state index is -4.20. The molecule has 12 heteroatoms. The number of benzene rings is 3. The van der Waals surface area contributed by atoms with Crippen molar-refractivity contribution in [1.29, 1.82) is 0 Å². The van der Waals surface area contributed by atoms with Crippen LogP contribution < -0.4 is 14.4 Å². The van der Waals surface area contributed by atoms with Crippen LogP contribution in [0.5, 0.6) is 5.75 Å². The van der Waals surface area contributed by atoms with Crippen molar-refractivity contribution < 1.29 is 22.7 Å². The lowest BCUT2D eigenvalue weighted by Crippen LogP contribution is -2.52. The standard InChI is InChI=1S/C32H39Cl2N3O5S2/c1-6-30(32(39)35-19-22(3)4)36(20-23-8-17-28(33)29(34)18-23)31(38)21-37(24-9-11-25(12-10-24)42-7-2)44(40,41)27-15-13-26(43-5)14-16-27/h8-18,22,30H,6-7,19-21H2,1-5H3,(H,35,39)/t30-/m0/s1. The lowest BCUT2D eigenvalue weighted by molar-refractivity contribution is -0.140. The molecule has 0 saturated heterocycles. The van der Waals surface area contributed by atoms with E-state index in [-0.39, 0.29) is 29.0 Å². The molecule has 0 aliphatic rings. The number of nitrogens with one attached hydrogen (secondary N) is 1. The van der Waals surface area contributed by atoms with Crippen LogP contribution in [0.1, 0.15) is 39.7 Å². The summed E-state index contributed by atoms with van der Waals surface area (Å²) in [5.74, 6) is -0.106. The van der Waals surface area contributed by atoms with Crippen molar-refractivity contribution in [2.45, 2.75) is 56.5 Å². The summed E-state index contributed by atoms with van der Waals surface area (Å²) < 4.78 is 34.8. The third-order valence-electron chi connectivity index (χ3n) is 6.77. The van der Waals surface area contributed by atoms with Crippen LogP contribution in [0.25, 0.3) is 0 Å². The number of nitrogens with zero attached hydrogens (tertiary/aromatic N) is 2. The fourth-order valence-corrected chi connectivity index (χ4v) is 6.60. The molecule has 3 rings (SSSR count). The Hall–Kier alpha value is -2.92. The van der Waals surface area contributed by atoms with Crippen molar-refractivity contribution >= 4 is 62.5 Å². The predicted molar refractivity (Wildman–Crippen MR) is 179 cm³/mol. The average Bonchev–Trinajstić information content (AvgIpc) is 3.01. The number of carbonyl (C=O) groups is 2. The lowest BCUT2D eigenvalue weighted by atomic mass is 10.1. The fourth-order valence-electron chi connectivity index (χ4n) is 4.46. The number of hydrogen-bond donors (Lipinski definition) is 1. The second-order valence-corrected chi connectivity index (χ2v) is 14.0. The van der Waals surface area contributed by atoms with E-state index in [1.165, 1.54) is 28.8 Å². The van der Waals surface area contributed by atoms with Crippen LogP contribution in [0.4, 0.5) is 5.69 Å². The molecule has 0 fully saturated rings. The van der Waals surface area contributed by atoms with Crippen LogP contribution >= 0.6 is 35.0 Å². The van der Waals surface area contributed by atoms with Gasteiger partial charge in [0.25, 0.3) is 10.0 Å². The van der Waals surface area contributed by atoms with Crippen molar-refractivity contribution in [3.05, 3.63) is 82.3 Å². The quantitative estimate of drug-likeness (QED) is 0.176. The van der Waals surface area contributed by atoms with Crippen LogP contribution in [-0.4, -0.2) is 57.1 Å². The molecule has 0 heterocycles. The molecule has 0 bridgehead atoms. The van der Waals surface area contributed by atoms with E-state index in [1.54, 1.807) is 54.6 Å². The van der Waals surface area contributed by atoms with Crippen LogP contribution in [0.2, 0.25) is 10.0 Å². The maximum atomic E-state index is 14.2. The highest BCUT2D eigenvalue weighted by atomic mass is 35.5. The van der Waals surface area contributed by atoms with Gasteiger partial charge in [-0.25, -0.2) is 8.42 Å². The summed E-state index contributed by atoms with van der Waals surface area (Å²) in [6.07, 6.45) is 2.21. The zero-order valence-corrected chi connectivity index (χ0v) is 28.7. The number of ether oxygens (including phenoxy) is 1. The minimum Gasteiger partial charge on any atom is -0.494 e. The molecule has 3 aromatic rings. The molecular formula is C32H39Cl2N3O5S2. The number of hydrogen-bond acceptors (Lipinski definition) is 6. The number of carbonyl (C=O) groups excluding carboxylic acids is 2. The van der Waals surface area contributed by atoms with Gasteiger partial charge in [0.15, 0.2) is 0 Å². The van der Waals surface area contributed by atoms with Gasteiger partial charge in [-0.2, -0.15) is 0 Å². The molecule has 0 aliphatic heterocycles. The van der Waals surface area contributed by atoms with Gasteiger partial charge >= 0.3 is 0 Å². The first-order valence-corrected chi connectivity index (χ1v) is 17.7. The van der Waals surface area contributed by atoms with Gasteiger partial charge in [-0.15, -0.1) is 11.8 Å². The Morgan fingerprint density at radius 2 is 1.61 bits per heavy atom. The van der Waals surface area contributed by atoms with Crippen molar-refractivity contribution in [2.24, 2.45) is 5.92 Å². The van der Waals surface area contributed by atoms with Gasteiger partial charge < -0.3 is 15.0 Å². The third-order valence-corrected chi connectivity index (χ3v) is 10.0. The molecular weight excluding hydrogens is 641 g/mol. The van der Waals surface area contributed by atoms with Crippen molar-refractivity contribution in [2.75, 3.05) is 30.3 Å². The molecule has 1 N–H and O–H groups in total. The van der Waals surface area contributed by atoms with E-state index in [0.29, 0.717) is 40.9 Å². The number of anilines is 1. The van der Waals surface area contributed by atoms with Crippen molar-refractivity contribution in [3.8, 4) is 5.75 Å². The Balaban J connectivity index is 2.07. The minimum absolute atomic E-state index is 0.0168. The second kappa shape index (κ2) is 16.4. The fraction of sp³-hybridized carbons (Fsp3) is 0.375. The van der Waals surface area contributed by atoms with Gasteiger partial charge in [0.05, 0.1) is 27.2 Å². The van der Waals surface area contributed by atoms with E-state index in [2.05, 4.69) is 5.32 Å². The maximum Gasteiger partial charge on any atom is 0.264 e. The molecule has 1 atom stereocenters. The lowest BCUT2D eigenvalue weighted by Gasteiger charge is -2.33. The maximum absolute atomic E-state index is 14.2. The number of sulfonamides is 1. The van der Waals surface area contributed by atoms with E-state index < -0.39 is 28.5 Å². The van der Waals surface area contributed by atoms with Gasteiger partial charge in [-0.1, -0.05) is 50.0 Å². The highest BCUT2D eigenvalue weighted by Gasteiger charge is 2.34. The van der Waals surface area contributed by atoms with Gasteiger partial charge in [-0.05, 0) is 91.7 Å².